The molecular formula is C22H36N4O. The van der Waals surface area contributed by atoms with Crippen molar-refractivity contribution in [2.75, 3.05) is 57.4 Å². The molecule has 3 aliphatic heterocycles. The number of morpholine rings is 1. The average Bonchev–Trinajstić information content (AvgIpc) is 2.74. The summed E-state index contributed by atoms with van der Waals surface area (Å²) in [6, 6.07) is 7.34. The first kappa shape index (κ1) is 19.2. The van der Waals surface area contributed by atoms with Crippen LogP contribution in [-0.4, -0.2) is 58.5 Å². The number of hydrogen-bond acceptors (Lipinski definition) is 5. The lowest BCUT2D eigenvalue weighted by Crippen LogP contribution is -2.44. The minimum atomic E-state index is 0.540. The van der Waals surface area contributed by atoms with Crippen LogP contribution in [0.3, 0.4) is 0 Å². The SMILES string of the molecule is c1cc2c(c(N3CCOCC3)c1)CC(CNCCCC1CCNCC1)NC2. The van der Waals surface area contributed by atoms with Gasteiger partial charge in [-0.25, -0.2) is 0 Å². The van der Waals surface area contributed by atoms with E-state index in [9.17, 15) is 0 Å². The number of hydrogen-bond donors (Lipinski definition) is 3. The van der Waals surface area contributed by atoms with Crippen molar-refractivity contribution in [3.8, 4) is 0 Å². The molecule has 3 heterocycles. The smallest absolute Gasteiger partial charge is 0.0642 e. The van der Waals surface area contributed by atoms with Gasteiger partial charge in [0, 0.05) is 37.9 Å². The molecule has 2 saturated heterocycles. The molecule has 150 valence electrons. The number of benzene rings is 1. The molecule has 2 fully saturated rings. The second kappa shape index (κ2) is 9.87. The van der Waals surface area contributed by atoms with Crippen molar-refractivity contribution in [1.82, 2.24) is 16.0 Å². The molecule has 5 nitrogen and oxygen atoms in total. The van der Waals surface area contributed by atoms with E-state index in [-0.39, 0.29) is 0 Å². The zero-order valence-corrected chi connectivity index (χ0v) is 16.6. The van der Waals surface area contributed by atoms with Gasteiger partial charge in [-0.05, 0) is 74.8 Å². The molecule has 0 bridgehead atoms. The van der Waals surface area contributed by atoms with E-state index < -0.39 is 0 Å². The van der Waals surface area contributed by atoms with E-state index in [0.29, 0.717) is 6.04 Å². The van der Waals surface area contributed by atoms with Crippen LogP contribution in [0.2, 0.25) is 0 Å². The molecule has 1 aromatic rings. The predicted molar refractivity (Wildman–Crippen MR) is 112 cm³/mol. The van der Waals surface area contributed by atoms with Crippen LogP contribution in [0.1, 0.15) is 36.8 Å². The van der Waals surface area contributed by atoms with Crippen LogP contribution in [-0.2, 0) is 17.7 Å². The number of nitrogens with zero attached hydrogens (tertiary/aromatic N) is 1. The lowest BCUT2D eigenvalue weighted by Gasteiger charge is -2.34. The Balaban J connectivity index is 1.24. The van der Waals surface area contributed by atoms with Crippen molar-refractivity contribution in [2.45, 2.75) is 44.7 Å². The normalized spacial score (nSPS) is 24.0. The van der Waals surface area contributed by atoms with Crippen LogP contribution >= 0.6 is 0 Å². The van der Waals surface area contributed by atoms with E-state index in [1.807, 2.05) is 0 Å². The summed E-state index contributed by atoms with van der Waals surface area (Å²) in [5, 5.41) is 10.9. The number of ether oxygens (including phenoxy) is 1. The molecule has 0 aliphatic carbocycles. The van der Waals surface area contributed by atoms with Gasteiger partial charge in [0.15, 0.2) is 0 Å². The highest BCUT2D eigenvalue weighted by molar-refractivity contribution is 5.58. The van der Waals surface area contributed by atoms with Crippen molar-refractivity contribution in [3.63, 3.8) is 0 Å². The Kier molecular flexibility index (Phi) is 7.02. The van der Waals surface area contributed by atoms with Gasteiger partial charge in [0.05, 0.1) is 13.2 Å². The Labute approximate surface area is 164 Å². The van der Waals surface area contributed by atoms with Gasteiger partial charge in [0.1, 0.15) is 0 Å². The third-order valence-corrected chi connectivity index (χ3v) is 6.45. The minimum absolute atomic E-state index is 0.540. The van der Waals surface area contributed by atoms with Crippen molar-refractivity contribution in [2.24, 2.45) is 5.92 Å². The largest absolute Gasteiger partial charge is 0.378 e. The number of rotatable bonds is 7. The lowest BCUT2D eigenvalue weighted by molar-refractivity contribution is 0.122. The van der Waals surface area contributed by atoms with Gasteiger partial charge in [-0.2, -0.15) is 0 Å². The summed E-state index contributed by atoms with van der Waals surface area (Å²) in [7, 11) is 0. The highest BCUT2D eigenvalue weighted by Crippen LogP contribution is 2.28. The summed E-state index contributed by atoms with van der Waals surface area (Å²) in [4.78, 5) is 2.51. The minimum Gasteiger partial charge on any atom is -0.378 e. The van der Waals surface area contributed by atoms with Crippen LogP contribution in [0.4, 0.5) is 5.69 Å². The van der Waals surface area contributed by atoms with E-state index in [4.69, 9.17) is 4.74 Å². The summed E-state index contributed by atoms with van der Waals surface area (Å²) in [5.41, 5.74) is 4.47. The second-order valence-corrected chi connectivity index (χ2v) is 8.34. The summed E-state index contributed by atoms with van der Waals surface area (Å²) >= 11 is 0. The van der Waals surface area contributed by atoms with Gasteiger partial charge in [-0.15, -0.1) is 0 Å². The molecule has 0 radical (unpaired) electrons. The molecular weight excluding hydrogens is 336 g/mol. The van der Waals surface area contributed by atoms with Gasteiger partial charge in [-0.3, -0.25) is 0 Å². The van der Waals surface area contributed by atoms with Crippen molar-refractivity contribution in [1.29, 1.82) is 0 Å². The predicted octanol–water partition coefficient (Wildman–Crippen LogP) is 1.91. The second-order valence-electron chi connectivity index (χ2n) is 8.34. The fourth-order valence-corrected chi connectivity index (χ4v) is 4.80. The average molecular weight is 373 g/mol. The van der Waals surface area contributed by atoms with Crippen molar-refractivity contribution < 1.29 is 4.74 Å². The topological polar surface area (TPSA) is 48.6 Å². The maximum Gasteiger partial charge on any atom is 0.0642 e. The molecule has 5 heteroatoms. The molecule has 4 rings (SSSR count). The summed E-state index contributed by atoms with van der Waals surface area (Å²) in [6.07, 6.45) is 6.56. The Morgan fingerprint density at radius 2 is 2.00 bits per heavy atom. The number of nitrogens with one attached hydrogen (secondary N) is 3. The van der Waals surface area contributed by atoms with Gasteiger partial charge in [0.25, 0.3) is 0 Å². The van der Waals surface area contributed by atoms with Gasteiger partial charge in [0.2, 0.25) is 0 Å². The van der Waals surface area contributed by atoms with Crippen molar-refractivity contribution in [3.05, 3.63) is 29.3 Å². The van der Waals surface area contributed by atoms with Crippen LogP contribution in [0.15, 0.2) is 18.2 Å². The Hall–Kier alpha value is -1.14. The number of anilines is 1. The zero-order chi connectivity index (χ0) is 18.3. The van der Waals surface area contributed by atoms with E-state index in [1.165, 1.54) is 50.0 Å². The van der Waals surface area contributed by atoms with Crippen LogP contribution in [0.5, 0.6) is 0 Å². The fraction of sp³-hybridized carbons (Fsp3) is 0.727. The maximum atomic E-state index is 5.54. The Bertz CT molecular complexity index is 582. The molecule has 0 amide bonds. The third-order valence-electron chi connectivity index (χ3n) is 6.45. The first-order chi connectivity index (χ1) is 13.4. The number of piperidine rings is 1. The Morgan fingerprint density at radius 3 is 2.85 bits per heavy atom. The van der Waals surface area contributed by atoms with Crippen LogP contribution < -0.4 is 20.9 Å². The standard InChI is InChI=1S/C22H36N4O/c1-4-19-16-25-20(17-24-8-2-3-18-6-9-23-10-7-18)15-21(19)22(5-1)26-11-13-27-14-12-26/h1,4-5,18,20,23-25H,2-3,6-17H2. The maximum absolute atomic E-state index is 5.54. The molecule has 1 aromatic carbocycles. The van der Waals surface area contributed by atoms with Gasteiger partial charge in [-0.1, -0.05) is 12.1 Å². The lowest BCUT2D eigenvalue weighted by atomic mass is 9.92. The zero-order valence-electron chi connectivity index (χ0n) is 16.6. The van der Waals surface area contributed by atoms with Gasteiger partial charge < -0.3 is 25.6 Å². The first-order valence-corrected chi connectivity index (χ1v) is 11.0. The highest BCUT2D eigenvalue weighted by atomic mass is 16.5. The summed E-state index contributed by atoms with van der Waals surface area (Å²) in [6.45, 7) is 9.39. The number of fused-ring (bicyclic) bond motifs is 1. The van der Waals surface area contributed by atoms with E-state index in [1.54, 1.807) is 5.56 Å². The van der Waals surface area contributed by atoms with E-state index >= 15 is 0 Å². The third kappa shape index (κ3) is 5.23. The quantitative estimate of drug-likeness (QED) is 0.639. The molecule has 27 heavy (non-hydrogen) atoms. The molecule has 3 aliphatic rings. The highest BCUT2D eigenvalue weighted by Gasteiger charge is 2.23. The monoisotopic (exact) mass is 372 g/mol. The molecule has 0 spiro atoms. The summed E-state index contributed by atoms with van der Waals surface area (Å²) < 4.78 is 5.54. The van der Waals surface area contributed by atoms with Crippen LogP contribution in [0.25, 0.3) is 0 Å². The fourth-order valence-electron chi connectivity index (χ4n) is 4.80. The summed E-state index contributed by atoms with van der Waals surface area (Å²) in [5.74, 6) is 0.948. The van der Waals surface area contributed by atoms with Gasteiger partial charge >= 0.3 is 0 Å². The van der Waals surface area contributed by atoms with E-state index in [0.717, 1.165) is 58.3 Å². The first-order valence-electron chi connectivity index (χ1n) is 11.0. The Morgan fingerprint density at radius 1 is 1.15 bits per heavy atom. The molecule has 0 saturated carbocycles. The van der Waals surface area contributed by atoms with Crippen LogP contribution in [0, 0.1) is 5.92 Å². The van der Waals surface area contributed by atoms with Crippen molar-refractivity contribution >= 4 is 5.69 Å². The molecule has 1 unspecified atom stereocenters. The molecule has 1 atom stereocenters. The molecule has 3 N–H and O–H groups in total. The van der Waals surface area contributed by atoms with E-state index in [2.05, 4.69) is 39.0 Å². The molecule has 0 aromatic heterocycles.